The summed E-state index contributed by atoms with van der Waals surface area (Å²) in [6.07, 6.45) is 0. The lowest BCUT2D eigenvalue weighted by molar-refractivity contribution is 0.478. The summed E-state index contributed by atoms with van der Waals surface area (Å²) in [6, 6.07) is 13.3. The normalized spacial score (nSPS) is 12.8. The summed E-state index contributed by atoms with van der Waals surface area (Å²) in [6.45, 7) is 0. The van der Waals surface area contributed by atoms with Crippen LogP contribution < -0.4 is 4.18 Å². The van der Waals surface area contributed by atoms with Crippen molar-refractivity contribution in [1.29, 1.82) is 0 Å². The number of benzene rings is 4. The van der Waals surface area contributed by atoms with Crippen molar-refractivity contribution in [2.45, 2.75) is 14.7 Å². The molecule has 0 heterocycles. The van der Waals surface area contributed by atoms with Crippen LogP contribution in [0.4, 0.5) is 0 Å². The lowest BCUT2D eigenvalue weighted by Gasteiger charge is -2.12. The Kier molecular flexibility index (Phi) is 5.34. The van der Waals surface area contributed by atoms with Crippen molar-refractivity contribution < 1.29 is 43.6 Å². The van der Waals surface area contributed by atoms with Gasteiger partial charge in [-0.25, -0.2) is 0 Å². The van der Waals surface area contributed by atoms with Gasteiger partial charge in [0.25, 0.3) is 20.2 Å². The number of aromatic hydroxyl groups is 1. The maximum absolute atomic E-state index is 12.9. The zero-order chi connectivity index (χ0) is 24.2. The van der Waals surface area contributed by atoms with Gasteiger partial charge in [0.1, 0.15) is 21.3 Å². The Morgan fingerprint density at radius 1 is 0.636 bits per heavy atom. The molecule has 0 bridgehead atoms. The molecule has 0 aromatic heterocycles. The van der Waals surface area contributed by atoms with Crippen LogP contribution in [0.1, 0.15) is 0 Å². The third kappa shape index (κ3) is 4.36. The number of fused-ring (bicyclic) bond motifs is 2. The highest BCUT2D eigenvalue weighted by Crippen LogP contribution is 2.34. The summed E-state index contributed by atoms with van der Waals surface area (Å²) in [4.78, 5) is -1.90. The Balaban J connectivity index is 1.88. The van der Waals surface area contributed by atoms with Gasteiger partial charge in [-0.15, -0.1) is 0 Å². The highest BCUT2D eigenvalue weighted by molar-refractivity contribution is 7.87. The topological polar surface area (TPSA) is 172 Å². The van der Waals surface area contributed by atoms with Gasteiger partial charge in [0.15, 0.2) is 0 Å². The molecule has 13 heteroatoms. The Labute approximate surface area is 188 Å². The minimum absolute atomic E-state index is 0.0300. The van der Waals surface area contributed by atoms with E-state index in [4.69, 9.17) is 4.18 Å². The van der Waals surface area contributed by atoms with Gasteiger partial charge in [-0.3, -0.25) is 9.11 Å². The molecule has 0 unspecified atom stereocenters. The van der Waals surface area contributed by atoms with E-state index >= 15 is 0 Å². The molecule has 10 nitrogen and oxygen atoms in total. The molecule has 0 aliphatic heterocycles. The van der Waals surface area contributed by atoms with E-state index in [2.05, 4.69) is 0 Å². The largest absolute Gasteiger partial charge is 0.507 e. The van der Waals surface area contributed by atoms with Crippen LogP contribution in [0.2, 0.25) is 0 Å². The third-order valence-corrected chi connectivity index (χ3v) is 7.80. The van der Waals surface area contributed by atoms with Crippen LogP contribution in [0.15, 0.2) is 81.4 Å². The first kappa shape index (κ1) is 22.9. The Bertz CT molecular complexity index is 1760. The van der Waals surface area contributed by atoms with Crippen molar-refractivity contribution in [1.82, 2.24) is 0 Å². The second-order valence-corrected chi connectivity index (χ2v) is 11.2. The molecule has 0 aliphatic carbocycles. The van der Waals surface area contributed by atoms with Crippen LogP contribution in [-0.4, -0.2) is 39.5 Å². The van der Waals surface area contributed by atoms with E-state index < -0.39 is 40.1 Å². The average molecular weight is 511 g/mol. The summed E-state index contributed by atoms with van der Waals surface area (Å²) >= 11 is 0. The molecule has 0 spiro atoms. The van der Waals surface area contributed by atoms with Gasteiger partial charge >= 0.3 is 10.1 Å². The highest BCUT2D eigenvalue weighted by Gasteiger charge is 2.24. The van der Waals surface area contributed by atoms with Crippen molar-refractivity contribution in [2.75, 3.05) is 0 Å². The number of phenolic OH excluding ortho intramolecular Hbond substituents is 1. The second kappa shape index (κ2) is 7.67. The Morgan fingerprint density at radius 3 is 1.94 bits per heavy atom. The fourth-order valence-electron chi connectivity index (χ4n) is 3.34. The summed E-state index contributed by atoms with van der Waals surface area (Å²) in [5.41, 5.74) is 0. The van der Waals surface area contributed by atoms with E-state index in [0.29, 0.717) is 6.07 Å². The number of hydrogen-bond acceptors (Lipinski definition) is 8. The fourth-order valence-corrected chi connectivity index (χ4v) is 5.81. The zero-order valence-corrected chi connectivity index (χ0v) is 18.7. The number of phenols is 1. The van der Waals surface area contributed by atoms with E-state index in [9.17, 15) is 39.5 Å². The van der Waals surface area contributed by atoms with Crippen LogP contribution in [0.5, 0.6) is 11.5 Å². The summed E-state index contributed by atoms with van der Waals surface area (Å²) in [5, 5.41) is 10.2. The molecule has 172 valence electrons. The molecular weight excluding hydrogens is 496 g/mol. The quantitative estimate of drug-likeness (QED) is 0.268. The standard InChI is InChI=1S/C20H14O10S3/c21-18-7-8-19(16-4-2-1-3-15(16)18)33(28,29)30-13-6-5-12-9-14(31(22,23)24)11-20(17(12)10-13)32(25,26)27/h1-11,21H,(H,22,23,24)(H,25,26,27). The first-order chi connectivity index (χ1) is 15.3. The van der Waals surface area contributed by atoms with E-state index in [1.807, 2.05) is 0 Å². The fraction of sp³-hybridized carbons (Fsp3) is 0. The Morgan fingerprint density at radius 2 is 1.30 bits per heavy atom. The molecule has 0 radical (unpaired) electrons. The molecule has 0 atom stereocenters. The van der Waals surface area contributed by atoms with Crippen molar-refractivity contribution >= 4 is 51.9 Å². The second-order valence-electron chi connectivity index (χ2n) is 6.92. The van der Waals surface area contributed by atoms with Gasteiger partial charge in [-0.1, -0.05) is 30.3 Å². The molecule has 4 rings (SSSR count). The van der Waals surface area contributed by atoms with Gasteiger partial charge in [0.05, 0.1) is 4.90 Å². The zero-order valence-electron chi connectivity index (χ0n) is 16.3. The summed E-state index contributed by atoms with van der Waals surface area (Å²) < 4.78 is 96.4. The summed E-state index contributed by atoms with van der Waals surface area (Å²) in [7, 11) is -14.2. The van der Waals surface area contributed by atoms with Crippen LogP contribution in [0, 0.1) is 0 Å². The van der Waals surface area contributed by atoms with Gasteiger partial charge in [-0.2, -0.15) is 25.3 Å². The maximum atomic E-state index is 12.9. The number of hydrogen-bond donors (Lipinski definition) is 3. The summed E-state index contributed by atoms with van der Waals surface area (Å²) in [5.74, 6) is -0.466. The smallest absolute Gasteiger partial charge is 0.339 e. The first-order valence-corrected chi connectivity index (χ1v) is 13.2. The van der Waals surface area contributed by atoms with Crippen LogP contribution >= 0.6 is 0 Å². The average Bonchev–Trinajstić information content (AvgIpc) is 2.71. The first-order valence-electron chi connectivity index (χ1n) is 8.95. The maximum Gasteiger partial charge on any atom is 0.339 e. The van der Waals surface area contributed by atoms with Crippen LogP contribution in [0.25, 0.3) is 21.5 Å². The van der Waals surface area contributed by atoms with E-state index in [-0.39, 0.29) is 37.9 Å². The lowest BCUT2D eigenvalue weighted by Crippen LogP contribution is -2.10. The molecule has 0 fully saturated rings. The predicted molar refractivity (Wildman–Crippen MR) is 117 cm³/mol. The van der Waals surface area contributed by atoms with Crippen molar-refractivity contribution in [2.24, 2.45) is 0 Å². The van der Waals surface area contributed by atoms with Crippen LogP contribution in [-0.2, 0) is 30.4 Å². The highest BCUT2D eigenvalue weighted by atomic mass is 32.2. The van der Waals surface area contributed by atoms with E-state index in [1.165, 1.54) is 24.3 Å². The van der Waals surface area contributed by atoms with Crippen molar-refractivity contribution in [3.8, 4) is 11.5 Å². The van der Waals surface area contributed by atoms with Gasteiger partial charge in [0.2, 0.25) is 0 Å². The monoisotopic (exact) mass is 510 g/mol. The molecule has 4 aromatic carbocycles. The minimum Gasteiger partial charge on any atom is -0.507 e. The molecule has 3 N–H and O–H groups in total. The molecule has 4 aromatic rings. The molecule has 0 amide bonds. The lowest BCUT2D eigenvalue weighted by atomic mass is 10.1. The molecule has 0 aliphatic rings. The Hall–Kier alpha value is -3.23. The van der Waals surface area contributed by atoms with Gasteiger partial charge in [-0.05, 0) is 41.8 Å². The molecule has 0 saturated carbocycles. The molecule has 33 heavy (non-hydrogen) atoms. The van der Waals surface area contributed by atoms with Crippen molar-refractivity contribution in [3.63, 3.8) is 0 Å². The van der Waals surface area contributed by atoms with Gasteiger partial charge < -0.3 is 9.29 Å². The molecule has 0 saturated heterocycles. The van der Waals surface area contributed by atoms with E-state index in [0.717, 1.165) is 24.3 Å². The van der Waals surface area contributed by atoms with Crippen LogP contribution in [0.3, 0.4) is 0 Å². The minimum atomic E-state index is -4.97. The van der Waals surface area contributed by atoms with E-state index in [1.54, 1.807) is 12.1 Å². The third-order valence-electron chi connectivity index (χ3n) is 4.77. The predicted octanol–water partition coefficient (Wildman–Crippen LogP) is 2.96. The van der Waals surface area contributed by atoms with Crippen molar-refractivity contribution in [3.05, 3.63) is 66.7 Å². The number of rotatable bonds is 5. The SMILES string of the molecule is O=S(=O)(O)c1cc(S(=O)(=O)O)c2cc(OS(=O)(=O)c3ccc(O)c4ccccc34)ccc2c1. The van der Waals surface area contributed by atoms with Gasteiger partial charge in [0, 0.05) is 16.2 Å². The molecular formula is C20H14O10S3.